The monoisotopic (exact) mass is 529 g/mol. The molecule has 1 N–H and O–H groups in total. The summed E-state index contributed by atoms with van der Waals surface area (Å²) in [6.07, 6.45) is 4.08. The fourth-order valence-corrected chi connectivity index (χ4v) is 5.48. The Morgan fingerprint density at radius 3 is 2.24 bits per heavy atom. The Morgan fingerprint density at radius 1 is 1.00 bits per heavy atom. The van der Waals surface area contributed by atoms with E-state index in [0.29, 0.717) is 0 Å². The number of methoxy groups -OCH3 is 1. The van der Waals surface area contributed by atoms with Gasteiger partial charge in [-0.1, -0.05) is 44.9 Å². The van der Waals surface area contributed by atoms with Crippen LogP contribution in [0.2, 0.25) is 0 Å². The molecule has 6 nitrogen and oxygen atoms in total. The number of nitrogens with zero attached hydrogens (tertiary/aromatic N) is 2. The molecule has 1 atom stereocenters. The number of benzene rings is 2. The molecule has 204 valence electrons. The zero-order valence-electron chi connectivity index (χ0n) is 22.2. The summed E-state index contributed by atoms with van der Waals surface area (Å²) in [6.45, 7) is 5.08. The van der Waals surface area contributed by atoms with Crippen molar-refractivity contribution in [2.75, 3.05) is 7.11 Å². The van der Waals surface area contributed by atoms with Gasteiger partial charge in [0.05, 0.1) is 19.2 Å². The Labute approximate surface area is 220 Å². The maximum atomic E-state index is 15.4. The normalized spacial score (nSPS) is 14.8. The molecule has 3 aromatic rings. The largest absolute Gasteiger partial charge is 0.494 e. The molecule has 0 unspecified atom stereocenters. The van der Waals surface area contributed by atoms with Crippen LogP contribution in [0.25, 0.3) is 11.1 Å². The van der Waals surface area contributed by atoms with Crippen LogP contribution in [0.3, 0.4) is 0 Å². The molecule has 0 amide bonds. The second-order valence-electron chi connectivity index (χ2n) is 10.2. The van der Waals surface area contributed by atoms with Crippen molar-refractivity contribution in [1.29, 1.82) is 0 Å². The molecule has 1 aliphatic rings. The van der Waals surface area contributed by atoms with Crippen molar-refractivity contribution < 1.29 is 17.9 Å². The first kappa shape index (κ1) is 27.7. The van der Waals surface area contributed by atoms with Crippen molar-refractivity contribution in [3.05, 3.63) is 85.9 Å². The van der Waals surface area contributed by atoms with E-state index in [1.54, 1.807) is 6.07 Å². The van der Waals surface area contributed by atoms with Crippen LogP contribution in [0.1, 0.15) is 50.8 Å². The lowest BCUT2D eigenvalue weighted by molar-refractivity contribution is 0.294. The second kappa shape index (κ2) is 11.6. The molecule has 0 bridgehead atoms. The SMILES string of the molecule is COc1cccc(-c2c(C)n(Cc3c(F)cccc3F)c(=O)n(C[C@H](NC(C)C)C3CCCC3)c2=O)c1F. The van der Waals surface area contributed by atoms with Gasteiger partial charge in [-0.2, -0.15) is 0 Å². The molecule has 9 heteroatoms. The zero-order valence-corrected chi connectivity index (χ0v) is 22.2. The fraction of sp³-hybridized carbons (Fsp3) is 0.448. The molecule has 0 radical (unpaired) electrons. The lowest BCUT2D eigenvalue weighted by Crippen LogP contribution is -2.50. The van der Waals surface area contributed by atoms with Gasteiger partial charge in [0, 0.05) is 35.4 Å². The Morgan fingerprint density at radius 2 is 1.63 bits per heavy atom. The summed E-state index contributed by atoms with van der Waals surface area (Å²) < 4.78 is 52.0. The number of hydrogen-bond donors (Lipinski definition) is 1. The van der Waals surface area contributed by atoms with Crippen molar-refractivity contribution in [2.45, 2.75) is 71.6 Å². The van der Waals surface area contributed by atoms with Crippen molar-refractivity contribution in [3.63, 3.8) is 0 Å². The Hall–Kier alpha value is -3.33. The van der Waals surface area contributed by atoms with Crippen LogP contribution in [0.15, 0.2) is 46.0 Å². The van der Waals surface area contributed by atoms with Crippen molar-refractivity contribution in [3.8, 4) is 16.9 Å². The highest BCUT2D eigenvalue weighted by molar-refractivity contribution is 5.67. The van der Waals surface area contributed by atoms with Crippen LogP contribution in [0.4, 0.5) is 13.2 Å². The summed E-state index contributed by atoms with van der Waals surface area (Å²) in [5, 5.41) is 3.49. The van der Waals surface area contributed by atoms with Crippen molar-refractivity contribution in [1.82, 2.24) is 14.5 Å². The minimum absolute atomic E-state index is 0.0439. The number of nitrogens with one attached hydrogen (secondary N) is 1. The van der Waals surface area contributed by atoms with E-state index >= 15 is 4.39 Å². The van der Waals surface area contributed by atoms with Crippen LogP contribution in [0.5, 0.6) is 5.75 Å². The van der Waals surface area contributed by atoms with E-state index in [4.69, 9.17) is 4.74 Å². The summed E-state index contributed by atoms with van der Waals surface area (Å²) in [5.41, 5.74) is -1.65. The van der Waals surface area contributed by atoms with E-state index in [-0.39, 0.29) is 52.7 Å². The van der Waals surface area contributed by atoms with Crippen molar-refractivity contribution in [2.24, 2.45) is 5.92 Å². The first-order valence-corrected chi connectivity index (χ1v) is 13.0. The molecule has 0 spiro atoms. The topological polar surface area (TPSA) is 65.3 Å². The average Bonchev–Trinajstić information content (AvgIpc) is 3.41. The lowest BCUT2D eigenvalue weighted by atomic mass is 9.97. The average molecular weight is 530 g/mol. The molecule has 0 aliphatic heterocycles. The first-order valence-electron chi connectivity index (χ1n) is 13.0. The van der Waals surface area contributed by atoms with E-state index < -0.39 is 35.2 Å². The molecule has 0 saturated heterocycles. The molecule has 1 saturated carbocycles. The molecular weight excluding hydrogens is 495 g/mol. The van der Waals surface area contributed by atoms with Gasteiger partial charge in [-0.05, 0) is 43.9 Å². The minimum atomic E-state index is -0.812. The molecule has 2 aromatic carbocycles. The second-order valence-corrected chi connectivity index (χ2v) is 10.2. The summed E-state index contributed by atoms with van der Waals surface area (Å²) in [6, 6.07) is 7.81. The molecule has 1 aliphatic carbocycles. The highest BCUT2D eigenvalue weighted by Gasteiger charge is 2.29. The van der Waals surface area contributed by atoms with Crippen LogP contribution in [-0.4, -0.2) is 28.3 Å². The predicted octanol–water partition coefficient (Wildman–Crippen LogP) is 5.02. The summed E-state index contributed by atoms with van der Waals surface area (Å²) in [5.74, 6) is -2.17. The standard InChI is InChI=1S/C29H34F3N3O3/c1-17(2)33-24(19-9-5-6-10-19)16-35-28(36)26(20-11-7-14-25(38-4)27(20)32)18(3)34(29(35)37)15-21-22(30)12-8-13-23(21)31/h7-8,11-14,17,19,24,33H,5-6,9-10,15-16H2,1-4H3/t24-/m0/s1. The van der Waals surface area contributed by atoms with Gasteiger partial charge >= 0.3 is 5.69 Å². The maximum absolute atomic E-state index is 15.4. The van der Waals surface area contributed by atoms with Gasteiger partial charge in [-0.25, -0.2) is 18.0 Å². The number of halogens is 3. The Balaban J connectivity index is 1.95. The van der Waals surface area contributed by atoms with Gasteiger partial charge in [0.1, 0.15) is 11.6 Å². The lowest BCUT2D eigenvalue weighted by Gasteiger charge is -2.28. The third-order valence-electron chi connectivity index (χ3n) is 7.41. The molecule has 1 heterocycles. The van der Waals surface area contributed by atoms with Gasteiger partial charge in [0.15, 0.2) is 11.6 Å². The molecule has 1 fully saturated rings. The van der Waals surface area contributed by atoms with Gasteiger partial charge in [-0.3, -0.25) is 13.9 Å². The maximum Gasteiger partial charge on any atom is 0.331 e. The minimum Gasteiger partial charge on any atom is -0.494 e. The van der Waals surface area contributed by atoms with Crippen LogP contribution >= 0.6 is 0 Å². The van der Waals surface area contributed by atoms with Gasteiger partial charge < -0.3 is 10.1 Å². The van der Waals surface area contributed by atoms with Crippen LogP contribution in [0, 0.1) is 30.3 Å². The molecule has 4 rings (SSSR count). The van der Waals surface area contributed by atoms with Crippen molar-refractivity contribution >= 4 is 0 Å². The van der Waals surface area contributed by atoms with E-state index in [2.05, 4.69) is 5.32 Å². The van der Waals surface area contributed by atoms with Gasteiger partial charge in [0.25, 0.3) is 5.56 Å². The number of ether oxygens (including phenoxy) is 1. The van der Waals surface area contributed by atoms with E-state index in [9.17, 15) is 18.4 Å². The number of rotatable bonds is 9. The third-order valence-corrected chi connectivity index (χ3v) is 7.41. The van der Waals surface area contributed by atoms with E-state index in [1.165, 1.54) is 32.2 Å². The molecule has 38 heavy (non-hydrogen) atoms. The van der Waals surface area contributed by atoms with E-state index in [0.717, 1.165) is 47.0 Å². The van der Waals surface area contributed by atoms with Crippen LogP contribution in [-0.2, 0) is 13.1 Å². The van der Waals surface area contributed by atoms with Gasteiger partial charge in [-0.15, -0.1) is 0 Å². The predicted molar refractivity (Wildman–Crippen MR) is 141 cm³/mol. The fourth-order valence-electron chi connectivity index (χ4n) is 5.48. The number of aromatic nitrogens is 2. The van der Waals surface area contributed by atoms with Gasteiger partial charge in [0.2, 0.25) is 0 Å². The quantitative estimate of drug-likeness (QED) is 0.423. The van der Waals surface area contributed by atoms with Crippen LogP contribution < -0.4 is 21.3 Å². The molecule has 1 aromatic heterocycles. The van der Waals surface area contributed by atoms with E-state index in [1.807, 2.05) is 13.8 Å². The first-order chi connectivity index (χ1) is 18.1. The Bertz CT molecular complexity index is 1400. The highest BCUT2D eigenvalue weighted by Crippen LogP contribution is 2.30. The Kier molecular flexibility index (Phi) is 8.45. The zero-order chi connectivity index (χ0) is 27.6. The summed E-state index contributed by atoms with van der Waals surface area (Å²) >= 11 is 0. The smallest absolute Gasteiger partial charge is 0.331 e. The summed E-state index contributed by atoms with van der Waals surface area (Å²) in [7, 11) is 1.32. The number of hydrogen-bond acceptors (Lipinski definition) is 4. The summed E-state index contributed by atoms with van der Waals surface area (Å²) in [4.78, 5) is 27.7. The molecular formula is C29H34F3N3O3. The third kappa shape index (κ3) is 5.43. The highest BCUT2D eigenvalue weighted by atomic mass is 19.1.